The molecule has 4 aliphatic rings. The second kappa shape index (κ2) is 13.8. The van der Waals surface area contributed by atoms with Crippen LogP contribution in [0.25, 0.3) is 11.0 Å². The number of hydrogen-bond acceptors (Lipinski definition) is 11. The molecule has 1 unspecified atom stereocenters. The van der Waals surface area contributed by atoms with Gasteiger partial charge in [0.25, 0.3) is 11.8 Å². The van der Waals surface area contributed by atoms with E-state index in [-0.39, 0.29) is 43.0 Å². The number of nitrogens with one attached hydrogen (secondary N) is 3. The van der Waals surface area contributed by atoms with Crippen molar-refractivity contribution in [1.29, 1.82) is 0 Å². The van der Waals surface area contributed by atoms with Gasteiger partial charge in [-0.05, 0) is 71.4 Å². The molecule has 17 heteroatoms. The van der Waals surface area contributed by atoms with Crippen LogP contribution < -0.4 is 20.1 Å². The number of aryl methyl sites for hydroxylation is 2. The highest BCUT2D eigenvalue weighted by Crippen LogP contribution is 2.47. The maximum Gasteiger partial charge on any atom is 0.290 e. The number of amides is 4. The molecule has 5 atom stereocenters. The van der Waals surface area contributed by atoms with Crippen LogP contribution in [0.5, 0.6) is 5.88 Å². The zero-order chi connectivity index (χ0) is 37.7. The van der Waals surface area contributed by atoms with Crippen LogP contribution in [-0.2, 0) is 24.4 Å². The maximum absolute atomic E-state index is 14.5. The third kappa shape index (κ3) is 7.35. The van der Waals surface area contributed by atoms with E-state index in [2.05, 4.69) is 30.5 Å². The van der Waals surface area contributed by atoms with Gasteiger partial charge in [-0.2, -0.15) is 0 Å². The lowest BCUT2D eigenvalue weighted by atomic mass is 10.0. The van der Waals surface area contributed by atoms with Crippen molar-refractivity contribution < 1.29 is 41.2 Å². The van der Waals surface area contributed by atoms with E-state index >= 15 is 0 Å². The Bertz CT molecular complexity index is 2120. The number of halogens is 1. The van der Waals surface area contributed by atoms with Crippen LogP contribution in [0.4, 0.5) is 4.39 Å². The Morgan fingerprint density at radius 1 is 1.09 bits per heavy atom. The van der Waals surface area contributed by atoms with Gasteiger partial charge in [-0.15, -0.1) is 0 Å². The molecular formula is C36H42FN7O8S. The molecule has 1 aromatic carbocycles. The molecule has 7 rings (SSSR count). The van der Waals surface area contributed by atoms with Crippen molar-refractivity contribution in [2.45, 2.75) is 107 Å². The van der Waals surface area contributed by atoms with Crippen molar-refractivity contribution in [2.75, 3.05) is 6.54 Å². The van der Waals surface area contributed by atoms with Crippen molar-refractivity contribution in [3.05, 3.63) is 59.4 Å². The number of hydrogen-bond donors (Lipinski definition) is 3. The number of fused-ring (bicyclic) bond motifs is 3. The fourth-order valence-electron chi connectivity index (χ4n) is 7.02. The van der Waals surface area contributed by atoms with Crippen LogP contribution in [0.1, 0.15) is 86.7 Å². The summed E-state index contributed by atoms with van der Waals surface area (Å²) in [5, 5.41) is 9.37. The number of rotatable bonds is 7. The number of benzene rings is 1. The van der Waals surface area contributed by atoms with Crippen molar-refractivity contribution in [3.8, 4) is 5.88 Å². The summed E-state index contributed by atoms with van der Waals surface area (Å²) in [7, 11) is -4.01. The van der Waals surface area contributed by atoms with E-state index in [4.69, 9.17) is 9.26 Å². The molecule has 2 aliphatic carbocycles. The molecule has 15 nitrogen and oxygen atoms in total. The van der Waals surface area contributed by atoms with Gasteiger partial charge in [-0.3, -0.25) is 23.9 Å². The van der Waals surface area contributed by atoms with Crippen LogP contribution in [0.2, 0.25) is 0 Å². The van der Waals surface area contributed by atoms with Crippen molar-refractivity contribution in [1.82, 2.24) is 35.4 Å². The fourth-order valence-corrected chi connectivity index (χ4v) is 8.33. The average molecular weight is 752 g/mol. The first-order chi connectivity index (χ1) is 25.2. The largest absolute Gasteiger partial charge is 0.471 e. The molecule has 3 N–H and O–H groups in total. The Kier molecular flexibility index (Phi) is 9.49. The molecule has 2 saturated carbocycles. The molecule has 4 heterocycles. The first kappa shape index (κ1) is 36.4. The molecule has 3 aromatic rings. The first-order valence-electron chi connectivity index (χ1n) is 17.9. The van der Waals surface area contributed by atoms with E-state index in [9.17, 15) is 32.0 Å². The van der Waals surface area contributed by atoms with Crippen LogP contribution in [0, 0.1) is 25.6 Å². The number of nitrogens with zero attached hydrogens (tertiary/aromatic N) is 4. The summed E-state index contributed by atoms with van der Waals surface area (Å²) in [4.78, 5) is 66.0. The van der Waals surface area contributed by atoms with E-state index in [1.165, 1.54) is 29.2 Å². The Morgan fingerprint density at radius 3 is 2.62 bits per heavy atom. The summed E-state index contributed by atoms with van der Waals surface area (Å²) in [6, 6.07) is 3.22. The predicted octanol–water partition coefficient (Wildman–Crippen LogP) is 2.91. The summed E-state index contributed by atoms with van der Waals surface area (Å²) >= 11 is 0. The SMILES string of the molecule is Cc1cc(C(=O)N[C@H]2CCCCC/C=C\C3C[C@@]3(C(=O)NS(=O)(=O)C3(C)CC3)NC(=O)[C@@H]3C[C@@H](Oc4nc5cc(F)ccc5nc4C)CN3C2=O)on1. The third-order valence-electron chi connectivity index (χ3n) is 10.7. The van der Waals surface area contributed by atoms with Crippen LogP contribution in [-0.4, -0.2) is 87.1 Å². The zero-order valence-electron chi connectivity index (χ0n) is 29.7. The molecule has 0 bridgehead atoms. The van der Waals surface area contributed by atoms with Crippen molar-refractivity contribution in [3.63, 3.8) is 0 Å². The first-order valence-corrected chi connectivity index (χ1v) is 19.4. The van der Waals surface area contributed by atoms with Gasteiger partial charge in [0.2, 0.25) is 33.5 Å². The van der Waals surface area contributed by atoms with Crippen LogP contribution in [0.15, 0.2) is 40.9 Å². The molecule has 4 amide bonds. The molecule has 282 valence electrons. The highest BCUT2D eigenvalue weighted by Gasteiger charge is 2.63. The molecule has 3 fully saturated rings. The minimum absolute atomic E-state index is 0.0313. The smallest absolute Gasteiger partial charge is 0.290 e. The highest BCUT2D eigenvalue weighted by atomic mass is 32.2. The molecule has 0 spiro atoms. The molecule has 53 heavy (non-hydrogen) atoms. The van der Waals surface area contributed by atoms with Gasteiger partial charge in [-0.25, -0.2) is 22.8 Å². The van der Waals surface area contributed by atoms with E-state index in [0.717, 1.165) is 12.8 Å². The lowest BCUT2D eigenvalue weighted by molar-refractivity contribution is -0.141. The van der Waals surface area contributed by atoms with Gasteiger partial charge in [0, 0.05) is 24.5 Å². The number of allylic oxidation sites excluding steroid dienone is 1. The Hall–Kier alpha value is -4.93. The summed E-state index contributed by atoms with van der Waals surface area (Å²) in [6.45, 7) is 4.81. The van der Waals surface area contributed by atoms with Crippen molar-refractivity contribution >= 4 is 44.7 Å². The van der Waals surface area contributed by atoms with Gasteiger partial charge < -0.3 is 24.8 Å². The normalized spacial score (nSPS) is 27.7. The van der Waals surface area contributed by atoms with Crippen molar-refractivity contribution in [2.24, 2.45) is 5.92 Å². The lowest BCUT2D eigenvalue weighted by Gasteiger charge is -2.29. The van der Waals surface area contributed by atoms with Gasteiger partial charge in [0.1, 0.15) is 35.2 Å². The van der Waals surface area contributed by atoms with E-state index in [0.29, 0.717) is 42.6 Å². The fraction of sp³-hybridized carbons (Fsp3) is 0.528. The summed E-state index contributed by atoms with van der Waals surface area (Å²) < 4.78 is 52.8. The summed E-state index contributed by atoms with van der Waals surface area (Å²) in [5.41, 5.74) is 0.0547. The Labute approximate surface area is 305 Å². The minimum Gasteiger partial charge on any atom is -0.471 e. The number of carbonyl (C=O) groups excluding carboxylic acids is 4. The summed E-state index contributed by atoms with van der Waals surface area (Å²) in [6.07, 6.45) is 6.94. The quantitative estimate of drug-likeness (QED) is 0.300. The number of aromatic nitrogens is 3. The number of carbonyl (C=O) groups is 4. The third-order valence-corrected chi connectivity index (χ3v) is 12.8. The predicted molar refractivity (Wildman–Crippen MR) is 187 cm³/mol. The maximum atomic E-state index is 14.5. The standard InChI is InChI=1S/C36H42FN7O8S/c1-20-15-29(52-42-20)31(46)39-26-10-8-6-4-5-7-9-22-18-36(22,34(48)43-53(49,50)35(3)13-14-35)41-30(45)28-17-24(19-44(28)33(26)47)51-32-21(2)38-25-12-11-23(37)16-27(25)40-32/h7,9,11-12,15-16,22,24,26,28H,4-6,8,10,13-14,17-19H2,1-3H3,(H,39,46)(H,41,45)(H,43,48)/b9-7-/t22?,24-,26+,28+,36-/m1/s1. The van der Waals surface area contributed by atoms with E-state index < -0.39 is 73.9 Å². The monoisotopic (exact) mass is 751 g/mol. The molecular weight excluding hydrogens is 710 g/mol. The van der Waals surface area contributed by atoms with E-state index in [1.807, 2.05) is 12.2 Å². The second-order valence-electron chi connectivity index (χ2n) is 14.8. The minimum atomic E-state index is -4.01. The zero-order valence-corrected chi connectivity index (χ0v) is 30.5. The molecule has 2 aromatic heterocycles. The van der Waals surface area contributed by atoms with Crippen LogP contribution in [0.3, 0.4) is 0 Å². The van der Waals surface area contributed by atoms with Gasteiger partial charge in [-0.1, -0.05) is 30.2 Å². The molecule has 0 radical (unpaired) electrons. The van der Waals surface area contributed by atoms with Gasteiger partial charge in [0.05, 0.1) is 28.0 Å². The van der Waals surface area contributed by atoms with Crippen LogP contribution >= 0.6 is 0 Å². The average Bonchev–Trinajstić information content (AvgIpc) is 3.91. The Morgan fingerprint density at radius 2 is 1.89 bits per heavy atom. The summed E-state index contributed by atoms with van der Waals surface area (Å²) in [5.74, 6) is -3.65. The lowest BCUT2D eigenvalue weighted by Crippen LogP contribution is -2.58. The molecule has 2 aliphatic heterocycles. The van der Waals surface area contributed by atoms with Gasteiger partial charge >= 0.3 is 0 Å². The second-order valence-corrected chi connectivity index (χ2v) is 17.0. The van der Waals surface area contributed by atoms with E-state index in [1.54, 1.807) is 20.8 Å². The highest BCUT2D eigenvalue weighted by molar-refractivity contribution is 7.91. The number of sulfonamides is 1. The number of ether oxygens (including phenoxy) is 1. The molecule has 1 saturated heterocycles. The Balaban J connectivity index is 1.20. The topological polar surface area (TPSA) is 203 Å². The van der Waals surface area contributed by atoms with Gasteiger partial charge in [0.15, 0.2) is 0 Å².